The Morgan fingerprint density at radius 2 is 1.59 bits per heavy atom. The molecule has 0 aliphatic rings. The number of furan rings is 1. The average Bonchev–Trinajstić information content (AvgIpc) is 3.46. The van der Waals surface area contributed by atoms with Crippen molar-refractivity contribution in [3.8, 4) is 16.9 Å². The molecule has 2 heterocycles. The van der Waals surface area contributed by atoms with Crippen molar-refractivity contribution in [3.05, 3.63) is 101 Å². The lowest BCUT2D eigenvalue weighted by molar-refractivity contribution is -0.119. The first kappa shape index (κ1) is 24.1. The molecule has 1 N–H and O–H groups in total. The molecule has 0 bridgehead atoms. The number of para-hydroxylation sites is 2. The van der Waals surface area contributed by atoms with Gasteiger partial charge in [0, 0.05) is 22.6 Å². The van der Waals surface area contributed by atoms with Crippen LogP contribution >= 0.6 is 0 Å². The first-order chi connectivity index (χ1) is 17.8. The van der Waals surface area contributed by atoms with Gasteiger partial charge in [-0.15, -0.1) is 0 Å². The molecule has 7 nitrogen and oxygen atoms in total. The maximum absolute atomic E-state index is 12.8. The highest BCUT2D eigenvalue weighted by molar-refractivity contribution is 5.98. The second-order valence-electron chi connectivity index (χ2n) is 9.09. The molecule has 7 heteroatoms. The van der Waals surface area contributed by atoms with Crippen LogP contribution in [-0.4, -0.2) is 28.3 Å². The van der Waals surface area contributed by atoms with E-state index in [-0.39, 0.29) is 5.76 Å². The summed E-state index contributed by atoms with van der Waals surface area (Å²) >= 11 is 0. The van der Waals surface area contributed by atoms with Crippen LogP contribution in [0.25, 0.3) is 27.9 Å². The van der Waals surface area contributed by atoms with E-state index in [1.165, 1.54) is 5.56 Å². The van der Waals surface area contributed by atoms with Crippen LogP contribution in [0.3, 0.4) is 0 Å². The number of fused-ring (bicyclic) bond motifs is 1. The van der Waals surface area contributed by atoms with Gasteiger partial charge in [0.15, 0.2) is 6.61 Å². The number of esters is 1. The topological polar surface area (TPSA) is 86.4 Å². The number of hydrogen-bond donors (Lipinski definition) is 1. The lowest BCUT2D eigenvalue weighted by atomic mass is 9.99. The molecule has 186 valence electrons. The number of anilines is 1. The predicted octanol–water partition coefficient (Wildman–Crippen LogP) is 6.31. The van der Waals surface area contributed by atoms with Crippen molar-refractivity contribution in [1.82, 2.24) is 9.78 Å². The highest BCUT2D eigenvalue weighted by Gasteiger charge is 2.21. The predicted molar refractivity (Wildman–Crippen MR) is 143 cm³/mol. The standard InChI is InChI=1S/C30H27N3O4/c1-18-14-20(3)24(15-19(18)2)25-16-27(33(32-25)22-10-6-5-7-11-22)31-28(34)17-36-30(35)29-21(4)23-12-8-9-13-26(23)37-29/h5-16H,17H2,1-4H3,(H,31,34). The van der Waals surface area contributed by atoms with Gasteiger partial charge in [0.25, 0.3) is 5.91 Å². The number of rotatable bonds is 6. The van der Waals surface area contributed by atoms with Gasteiger partial charge < -0.3 is 14.5 Å². The molecule has 5 rings (SSSR count). The van der Waals surface area contributed by atoms with E-state index >= 15 is 0 Å². The van der Waals surface area contributed by atoms with E-state index in [9.17, 15) is 9.59 Å². The summed E-state index contributed by atoms with van der Waals surface area (Å²) in [5.41, 5.74) is 7.24. The Balaban J connectivity index is 1.38. The minimum absolute atomic E-state index is 0.0934. The molecule has 2 aromatic heterocycles. The fourth-order valence-corrected chi connectivity index (χ4v) is 4.35. The highest BCUT2D eigenvalue weighted by Crippen LogP contribution is 2.29. The van der Waals surface area contributed by atoms with Gasteiger partial charge >= 0.3 is 5.97 Å². The number of ether oxygens (including phenoxy) is 1. The maximum Gasteiger partial charge on any atom is 0.375 e. The van der Waals surface area contributed by atoms with Gasteiger partial charge in [-0.1, -0.05) is 42.5 Å². The average molecular weight is 494 g/mol. The van der Waals surface area contributed by atoms with E-state index in [2.05, 4.69) is 31.3 Å². The summed E-state index contributed by atoms with van der Waals surface area (Å²) in [7, 11) is 0. The van der Waals surface area contributed by atoms with Crippen LogP contribution in [0.4, 0.5) is 5.82 Å². The third-order valence-corrected chi connectivity index (χ3v) is 6.46. The summed E-state index contributed by atoms with van der Waals surface area (Å²) in [4.78, 5) is 25.5. The molecule has 0 atom stereocenters. The molecule has 5 aromatic rings. The van der Waals surface area contributed by atoms with E-state index in [1.54, 1.807) is 17.7 Å². The zero-order chi connectivity index (χ0) is 26.1. The monoisotopic (exact) mass is 493 g/mol. The van der Waals surface area contributed by atoms with E-state index < -0.39 is 18.5 Å². The van der Waals surface area contributed by atoms with Crippen molar-refractivity contribution in [3.63, 3.8) is 0 Å². The molecule has 0 saturated carbocycles. The van der Waals surface area contributed by atoms with Crippen LogP contribution in [0.5, 0.6) is 0 Å². The molecule has 0 unspecified atom stereocenters. The lowest BCUT2D eigenvalue weighted by Gasteiger charge is -2.09. The minimum Gasteiger partial charge on any atom is -0.450 e. The third-order valence-electron chi connectivity index (χ3n) is 6.46. The van der Waals surface area contributed by atoms with Crippen LogP contribution in [-0.2, 0) is 9.53 Å². The van der Waals surface area contributed by atoms with Crippen LogP contribution < -0.4 is 5.32 Å². The fourth-order valence-electron chi connectivity index (χ4n) is 4.35. The molecule has 3 aromatic carbocycles. The van der Waals surface area contributed by atoms with Gasteiger partial charge in [0.2, 0.25) is 5.76 Å². The number of nitrogens with one attached hydrogen (secondary N) is 1. The van der Waals surface area contributed by atoms with Gasteiger partial charge in [-0.2, -0.15) is 5.10 Å². The fraction of sp³-hybridized carbons (Fsp3) is 0.167. The quantitative estimate of drug-likeness (QED) is 0.280. The molecule has 0 fully saturated rings. The zero-order valence-corrected chi connectivity index (χ0v) is 21.2. The maximum atomic E-state index is 12.8. The van der Waals surface area contributed by atoms with Crippen LogP contribution in [0.15, 0.2) is 77.2 Å². The van der Waals surface area contributed by atoms with Gasteiger partial charge in [-0.25, -0.2) is 9.48 Å². The Morgan fingerprint density at radius 3 is 2.35 bits per heavy atom. The van der Waals surface area contributed by atoms with Crippen molar-refractivity contribution >= 4 is 28.7 Å². The molecule has 0 spiro atoms. The van der Waals surface area contributed by atoms with Crippen molar-refractivity contribution in [2.75, 3.05) is 11.9 Å². The second-order valence-corrected chi connectivity index (χ2v) is 9.09. The molecular weight excluding hydrogens is 466 g/mol. The largest absolute Gasteiger partial charge is 0.450 e. The Bertz CT molecular complexity index is 1630. The summed E-state index contributed by atoms with van der Waals surface area (Å²) < 4.78 is 12.6. The van der Waals surface area contributed by atoms with E-state index in [4.69, 9.17) is 14.3 Å². The van der Waals surface area contributed by atoms with Crippen LogP contribution in [0.2, 0.25) is 0 Å². The zero-order valence-electron chi connectivity index (χ0n) is 21.2. The number of carbonyl (C=O) groups is 2. The normalized spacial score (nSPS) is 11.0. The minimum atomic E-state index is -0.688. The summed E-state index contributed by atoms with van der Waals surface area (Å²) in [5, 5.41) is 8.47. The number of carbonyl (C=O) groups excluding carboxylic acids is 2. The Labute approximate surface area is 214 Å². The van der Waals surface area contributed by atoms with Crippen molar-refractivity contribution < 1.29 is 18.7 Å². The SMILES string of the molecule is Cc1cc(C)c(-c2cc(NC(=O)COC(=O)c3oc4ccccc4c3C)n(-c3ccccc3)n2)cc1C. The number of hydrogen-bond acceptors (Lipinski definition) is 5. The summed E-state index contributed by atoms with van der Waals surface area (Å²) in [6, 6.07) is 23.0. The first-order valence-corrected chi connectivity index (χ1v) is 12.0. The van der Waals surface area contributed by atoms with Gasteiger partial charge in [0.1, 0.15) is 11.4 Å². The summed E-state index contributed by atoms with van der Waals surface area (Å²) in [6.45, 7) is 7.51. The Kier molecular flexibility index (Phi) is 6.36. The first-order valence-electron chi connectivity index (χ1n) is 12.0. The van der Waals surface area contributed by atoms with Gasteiger partial charge in [0.05, 0.1) is 11.4 Å². The Morgan fingerprint density at radius 1 is 0.892 bits per heavy atom. The van der Waals surface area contributed by atoms with Crippen molar-refractivity contribution in [2.24, 2.45) is 0 Å². The molecular formula is C30H27N3O4. The Hall–Kier alpha value is -4.65. The molecule has 0 saturated heterocycles. The lowest BCUT2D eigenvalue weighted by Crippen LogP contribution is -2.22. The molecule has 0 aliphatic heterocycles. The number of amides is 1. The third kappa shape index (κ3) is 4.76. The molecule has 1 amide bonds. The molecule has 0 radical (unpaired) electrons. The summed E-state index contributed by atoms with van der Waals surface area (Å²) in [5.74, 6) is -0.606. The van der Waals surface area contributed by atoms with Crippen LogP contribution in [0.1, 0.15) is 32.8 Å². The number of aryl methyl sites for hydroxylation is 4. The highest BCUT2D eigenvalue weighted by atomic mass is 16.5. The van der Waals surface area contributed by atoms with E-state index in [0.717, 1.165) is 33.5 Å². The van der Waals surface area contributed by atoms with Crippen molar-refractivity contribution in [1.29, 1.82) is 0 Å². The van der Waals surface area contributed by atoms with Gasteiger partial charge in [-0.3, -0.25) is 4.79 Å². The summed E-state index contributed by atoms with van der Waals surface area (Å²) in [6.07, 6.45) is 0. The molecule has 0 aliphatic carbocycles. The second kappa shape index (κ2) is 9.78. The van der Waals surface area contributed by atoms with E-state index in [0.29, 0.717) is 17.0 Å². The van der Waals surface area contributed by atoms with Gasteiger partial charge in [-0.05, 0) is 68.7 Å². The number of benzene rings is 3. The smallest absolute Gasteiger partial charge is 0.375 e. The van der Waals surface area contributed by atoms with Crippen LogP contribution in [0, 0.1) is 27.7 Å². The van der Waals surface area contributed by atoms with Crippen molar-refractivity contribution in [2.45, 2.75) is 27.7 Å². The number of nitrogens with zero attached hydrogens (tertiary/aromatic N) is 2. The van der Waals surface area contributed by atoms with E-state index in [1.807, 2.05) is 61.5 Å². The number of aromatic nitrogens is 2. The molecule has 37 heavy (non-hydrogen) atoms.